The first-order valence-electron chi connectivity index (χ1n) is 12.5. The van der Waals surface area contributed by atoms with Crippen LogP contribution in [0.2, 0.25) is 0 Å². The molecule has 0 N–H and O–H groups in total. The van der Waals surface area contributed by atoms with Gasteiger partial charge in [-0.15, -0.1) is 0 Å². The van der Waals surface area contributed by atoms with Crippen molar-refractivity contribution in [3.8, 4) is 17.6 Å². The Kier molecular flexibility index (Phi) is 8.38. The number of hydrogen-bond acceptors (Lipinski definition) is 1. The van der Waals surface area contributed by atoms with Gasteiger partial charge in [-0.1, -0.05) is 42.5 Å². The maximum atomic E-state index is 13.9. The van der Waals surface area contributed by atoms with Gasteiger partial charge in [0.2, 0.25) is 0 Å². The molecule has 0 aromatic heterocycles. The van der Waals surface area contributed by atoms with E-state index in [2.05, 4.69) is 47.8 Å². The predicted octanol–water partition coefficient (Wildman–Crippen LogP) is 8.48. The van der Waals surface area contributed by atoms with Crippen LogP contribution in [0.3, 0.4) is 0 Å². The van der Waals surface area contributed by atoms with Gasteiger partial charge < -0.3 is 4.74 Å². The Morgan fingerprint density at radius 3 is 2.38 bits per heavy atom. The van der Waals surface area contributed by atoms with Gasteiger partial charge in [-0.2, -0.15) is 8.78 Å². The first-order chi connectivity index (χ1) is 16.5. The maximum absolute atomic E-state index is 13.9. The molecule has 2 aromatic rings. The average Bonchev–Trinajstić information content (AvgIpc) is 2.84. The van der Waals surface area contributed by atoms with Crippen LogP contribution in [0.25, 0.3) is 0 Å². The van der Waals surface area contributed by atoms with Gasteiger partial charge in [-0.25, -0.2) is 4.39 Å². The molecule has 2 aromatic carbocycles. The molecule has 0 bridgehead atoms. The van der Waals surface area contributed by atoms with E-state index in [0.717, 1.165) is 29.4 Å². The summed E-state index contributed by atoms with van der Waals surface area (Å²) in [6.45, 7) is -0.948. The summed E-state index contributed by atoms with van der Waals surface area (Å²) < 4.78 is 42.5. The SMILES string of the molecule is C/C=C/CCC1CCC2CC(c3ccc(C#Cc4ccc(OC(F)F)c(F)c4)cc3)CCC2C1. The van der Waals surface area contributed by atoms with Crippen LogP contribution in [0.15, 0.2) is 54.6 Å². The summed E-state index contributed by atoms with van der Waals surface area (Å²) in [6.07, 6.45) is 15.1. The van der Waals surface area contributed by atoms with Gasteiger partial charge in [0, 0.05) is 11.1 Å². The third-order valence-electron chi connectivity index (χ3n) is 7.58. The van der Waals surface area contributed by atoms with E-state index >= 15 is 0 Å². The van der Waals surface area contributed by atoms with Crippen molar-refractivity contribution >= 4 is 0 Å². The van der Waals surface area contributed by atoms with E-state index in [4.69, 9.17) is 0 Å². The number of hydrogen-bond donors (Lipinski definition) is 0. The minimum atomic E-state index is -3.05. The molecule has 4 heteroatoms. The lowest BCUT2D eigenvalue weighted by Gasteiger charge is -2.42. The van der Waals surface area contributed by atoms with E-state index in [0.29, 0.717) is 11.5 Å². The molecule has 180 valence electrons. The largest absolute Gasteiger partial charge is 0.432 e. The highest BCUT2D eigenvalue weighted by Crippen LogP contribution is 2.48. The summed E-state index contributed by atoms with van der Waals surface area (Å²) in [5.74, 6) is 7.93. The Morgan fingerprint density at radius 2 is 1.65 bits per heavy atom. The zero-order valence-electron chi connectivity index (χ0n) is 19.8. The highest BCUT2D eigenvalue weighted by molar-refractivity contribution is 5.45. The fourth-order valence-electron chi connectivity index (χ4n) is 5.80. The van der Waals surface area contributed by atoms with Gasteiger partial charge in [-0.05, 0) is 111 Å². The molecule has 2 saturated carbocycles. The van der Waals surface area contributed by atoms with Gasteiger partial charge in [0.15, 0.2) is 11.6 Å². The van der Waals surface area contributed by atoms with Gasteiger partial charge in [0.1, 0.15) is 0 Å². The minimum Gasteiger partial charge on any atom is -0.432 e. The second-order valence-corrected chi connectivity index (χ2v) is 9.75. The molecule has 2 aliphatic rings. The van der Waals surface area contributed by atoms with Crippen molar-refractivity contribution in [2.45, 2.75) is 70.8 Å². The van der Waals surface area contributed by atoms with Crippen LogP contribution in [0.4, 0.5) is 13.2 Å². The summed E-state index contributed by atoms with van der Waals surface area (Å²) >= 11 is 0. The quantitative estimate of drug-likeness (QED) is 0.306. The van der Waals surface area contributed by atoms with Crippen molar-refractivity contribution in [2.75, 3.05) is 0 Å². The molecular formula is C30H33F3O. The summed E-state index contributed by atoms with van der Waals surface area (Å²) in [7, 11) is 0. The molecule has 0 spiro atoms. The van der Waals surface area contributed by atoms with Gasteiger partial charge in [0.05, 0.1) is 0 Å². The number of ether oxygens (including phenoxy) is 1. The molecule has 1 nitrogen and oxygen atoms in total. The van der Waals surface area contributed by atoms with Crippen LogP contribution in [0, 0.1) is 35.4 Å². The standard InChI is InChI=1S/C30H33F3O/c1-2-3-4-5-22-10-14-27-20-26(16-15-25(27)18-22)24-12-8-21(9-13-24)6-7-23-11-17-29(28(31)19-23)34-30(32)33/h2-3,8-9,11-13,17,19,22,25-27,30H,4-5,10,14-16,18,20H2,1H3/b3-2+. The van der Waals surface area contributed by atoms with Crippen molar-refractivity contribution in [3.05, 3.63) is 77.1 Å². The fraction of sp³-hybridized carbons (Fsp3) is 0.467. The van der Waals surface area contributed by atoms with Crippen molar-refractivity contribution in [1.29, 1.82) is 0 Å². The Labute approximate surface area is 201 Å². The highest BCUT2D eigenvalue weighted by atomic mass is 19.3. The van der Waals surface area contributed by atoms with Crippen molar-refractivity contribution < 1.29 is 17.9 Å². The molecule has 4 unspecified atom stereocenters. The van der Waals surface area contributed by atoms with Crippen molar-refractivity contribution in [2.24, 2.45) is 17.8 Å². The number of allylic oxidation sites excluding steroid dienone is 2. The number of benzene rings is 2. The maximum Gasteiger partial charge on any atom is 0.387 e. The van der Waals surface area contributed by atoms with Gasteiger partial charge >= 0.3 is 6.61 Å². The summed E-state index contributed by atoms with van der Waals surface area (Å²) in [4.78, 5) is 0. The van der Waals surface area contributed by atoms with E-state index in [1.165, 1.54) is 69.1 Å². The van der Waals surface area contributed by atoms with Crippen molar-refractivity contribution in [3.63, 3.8) is 0 Å². The lowest BCUT2D eigenvalue weighted by Crippen LogP contribution is -2.30. The number of fused-ring (bicyclic) bond motifs is 1. The van der Waals surface area contributed by atoms with Crippen LogP contribution in [0.5, 0.6) is 5.75 Å². The second-order valence-electron chi connectivity index (χ2n) is 9.75. The Balaban J connectivity index is 1.32. The zero-order valence-corrected chi connectivity index (χ0v) is 19.8. The van der Waals surface area contributed by atoms with Crippen LogP contribution >= 0.6 is 0 Å². The number of rotatable bonds is 6. The van der Waals surface area contributed by atoms with Crippen LogP contribution < -0.4 is 4.74 Å². The normalized spacial score (nSPS) is 24.5. The second kappa shape index (κ2) is 11.6. The van der Waals surface area contributed by atoms with E-state index < -0.39 is 18.2 Å². The average molecular weight is 467 g/mol. The molecule has 4 atom stereocenters. The number of alkyl halides is 2. The summed E-state index contributed by atoms with van der Waals surface area (Å²) in [5.41, 5.74) is 2.66. The van der Waals surface area contributed by atoms with E-state index in [-0.39, 0.29) is 0 Å². The highest BCUT2D eigenvalue weighted by Gasteiger charge is 2.35. The van der Waals surface area contributed by atoms with Crippen LogP contribution in [-0.2, 0) is 0 Å². The van der Waals surface area contributed by atoms with E-state index in [1.54, 1.807) is 0 Å². The smallest absolute Gasteiger partial charge is 0.387 e. The molecule has 0 saturated heterocycles. The first-order valence-corrected chi connectivity index (χ1v) is 12.5. The fourth-order valence-corrected chi connectivity index (χ4v) is 5.80. The van der Waals surface area contributed by atoms with E-state index in [1.807, 2.05) is 12.1 Å². The molecule has 2 aliphatic carbocycles. The molecular weight excluding hydrogens is 433 g/mol. The predicted molar refractivity (Wildman–Crippen MR) is 130 cm³/mol. The van der Waals surface area contributed by atoms with E-state index in [9.17, 15) is 13.2 Å². The Morgan fingerprint density at radius 1 is 0.941 bits per heavy atom. The molecule has 0 amide bonds. The lowest BCUT2D eigenvalue weighted by molar-refractivity contribution is -0.0521. The van der Waals surface area contributed by atoms with Gasteiger partial charge in [-0.3, -0.25) is 0 Å². The molecule has 0 heterocycles. The first kappa shape index (κ1) is 24.5. The summed E-state index contributed by atoms with van der Waals surface area (Å²) in [6, 6.07) is 12.2. The zero-order chi connectivity index (χ0) is 23.9. The van der Waals surface area contributed by atoms with Crippen LogP contribution in [0.1, 0.15) is 80.9 Å². The third kappa shape index (κ3) is 6.47. The minimum absolute atomic E-state index is 0.419. The lowest BCUT2D eigenvalue weighted by atomic mass is 9.63. The van der Waals surface area contributed by atoms with Crippen LogP contribution in [-0.4, -0.2) is 6.61 Å². The van der Waals surface area contributed by atoms with Gasteiger partial charge in [0.25, 0.3) is 0 Å². The van der Waals surface area contributed by atoms with Crippen molar-refractivity contribution in [1.82, 2.24) is 0 Å². The molecule has 0 radical (unpaired) electrons. The molecule has 34 heavy (non-hydrogen) atoms. The Hall–Kier alpha value is -2.67. The third-order valence-corrected chi connectivity index (χ3v) is 7.58. The molecule has 4 rings (SSSR count). The molecule has 2 fully saturated rings. The topological polar surface area (TPSA) is 9.23 Å². The monoisotopic (exact) mass is 466 g/mol. The number of halogens is 3. The molecule has 0 aliphatic heterocycles. The Bertz CT molecular complexity index is 1030. The summed E-state index contributed by atoms with van der Waals surface area (Å²) in [5, 5.41) is 0.